The van der Waals surface area contributed by atoms with E-state index in [0.29, 0.717) is 17.4 Å². The Morgan fingerprint density at radius 2 is 0.887 bits per heavy atom. The zero-order valence-corrected chi connectivity index (χ0v) is 42.5. The lowest BCUT2D eigenvalue weighted by atomic mass is 10.0. The lowest BCUT2D eigenvalue weighted by molar-refractivity contribution is -0.870. The Morgan fingerprint density at radius 1 is 0.532 bits per heavy atom. The zero-order chi connectivity index (χ0) is 45.7. The average Bonchev–Trinajstić information content (AvgIpc) is 3.23. The molecule has 0 bridgehead atoms. The van der Waals surface area contributed by atoms with E-state index in [-0.39, 0.29) is 19.1 Å². The first kappa shape index (κ1) is 60.7. The van der Waals surface area contributed by atoms with Gasteiger partial charge in [-0.2, -0.15) is 0 Å². The second kappa shape index (κ2) is 44.9. The summed E-state index contributed by atoms with van der Waals surface area (Å²) < 4.78 is 23.6. The molecule has 366 valence electrons. The van der Waals surface area contributed by atoms with Gasteiger partial charge in [0.25, 0.3) is 0 Å². The Hall–Kier alpha value is -1.28. The van der Waals surface area contributed by atoms with Crippen molar-refractivity contribution in [3.63, 3.8) is 0 Å². The van der Waals surface area contributed by atoms with Crippen LogP contribution in [0.5, 0.6) is 0 Å². The summed E-state index contributed by atoms with van der Waals surface area (Å²) in [4.78, 5) is 23.2. The number of carbonyl (C=O) groups excluding carboxylic acids is 1. The van der Waals surface area contributed by atoms with Gasteiger partial charge in [0.15, 0.2) is 0 Å². The van der Waals surface area contributed by atoms with E-state index in [1.54, 1.807) is 6.08 Å². The van der Waals surface area contributed by atoms with Gasteiger partial charge in [0, 0.05) is 6.42 Å². The Bertz CT molecular complexity index is 1110. The summed E-state index contributed by atoms with van der Waals surface area (Å²) in [5, 5.41) is 13.9. The van der Waals surface area contributed by atoms with Gasteiger partial charge in [0.2, 0.25) is 5.91 Å². The minimum Gasteiger partial charge on any atom is -0.387 e. The first-order chi connectivity index (χ1) is 30.0. The van der Waals surface area contributed by atoms with Crippen LogP contribution in [0.3, 0.4) is 0 Å². The van der Waals surface area contributed by atoms with E-state index in [4.69, 9.17) is 9.05 Å². The summed E-state index contributed by atoms with van der Waals surface area (Å²) in [5.74, 6) is -0.195. The van der Waals surface area contributed by atoms with Crippen LogP contribution in [0.1, 0.15) is 245 Å². The maximum Gasteiger partial charge on any atom is 0.472 e. The molecule has 0 saturated carbocycles. The van der Waals surface area contributed by atoms with E-state index in [9.17, 15) is 19.4 Å². The van der Waals surface area contributed by atoms with Crippen molar-refractivity contribution >= 4 is 13.7 Å². The van der Waals surface area contributed by atoms with Crippen LogP contribution in [0, 0.1) is 0 Å². The summed E-state index contributed by atoms with van der Waals surface area (Å²) in [6, 6.07) is -0.866. The van der Waals surface area contributed by atoms with E-state index in [2.05, 4.69) is 43.5 Å². The lowest BCUT2D eigenvalue weighted by Crippen LogP contribution is -2.45. The van der Waals surface area contributed by atoms with Gasteiger partial charge < -0.3 is 19.8 Å². The van der Waals surface area contributed by atoms with Gasteiger partial charge >= 0.3 is 7.82 Å². The van der Waals surface area contributed by atoms with Crippen molar-refractivity contribution in [1.29, 1.82) is 0 Å². The fourth-order valence-corrected chi connectivity index (χ4v) is 8.38. The second-order valence-corrected chi connectivity index (χ2v) is 20.7. The highest BCUT2D eigenvalue weighted by molar-refractivity contribution is 7.47. The Morgan fingerprint density at radius 3 is 1.29 bits per heavy atom. The minimum atomic E-state index is -4.35. The van der Waals surface area contributed by atoms with Crippen LogP contribution in [-0.2, 0) is 18.4 Å². The van der Waals surface area contributed by atoms with Crippen LogP contribution in [0.15, 0.2) is 36.5 Å². The van der Waals surface area contributed by atoms with E-state index >= 15 is 0 Å². The molecule has 9 heteroatoms. The normalized spacial score (nSPS) is 14.4. The lowest BCUT2D eigenvalue weighted by Gasteiger charge is -2.25. The molecule has 1 amide bonds. The van der Waals surface area contributed by atoms with Gasteiger partial charge in [0.1, 0.15) is 13.2 Å². The number of rotatable bonds is 48. The number of hydrogen-bond acceptors (Lipinski definition) is 5. The molecule has 3 atom stereocenters. The van der Waals surface area contributed by atoms with Gasteiger partial charge in [-0.3, -0.25) is 13.8 Å². The number of nitrogens with zero attached hydrogens (tertiary/aromatic N) is 1. The number of phosphoric acid groups is 1. The van der Waals surface area contributed by atoms with Crippen LogP contribution in [0.2, 0.25) is 0 Å². The van der Waals surface area contributed by atoms with E-state index < -0.39 is 20.0 Å². The SMILES string of the molecule is CCCCCCC/C=C\CCCCCCCC(=O)NC(COP(=O)(O)OCC[N+](C)(C)C)C(O)/C=C/CC/C=C/CCCCCCCCCCCCCCCCCCCCCC. The highest BCUT2D eigenvalue weighted by atomic mass is 31.2. The highest BCUT2D eigenvalue weighted by Gasteiger charge is 2.27. The van der Waals surface area contributed by atoms with Crippen LogP contribution >= 0.6 is 7.82 Å². The van der Waals surface area contributed by atoms with Gasteiger partial charge in [-0.1, -0.05) is 217 Å². The average molecular weight is 896 g/mol. The number of hydrogen-bond donors (Lipinski definition) is 3. The smallest absolute Gasteiger partial charge is 0.387 e. The van der Waals surface area contributed by atoms with Crippen molar-refractivity contribution in [2.75, 3.05) is 40.9 Å². The monoisotopic (exact) mass is 896 g/mol. The van der Waals surface area contributed by atoms with Crippen molar-refractivity contribution in [2.24, 2.45) is 0 Å². The number of phosphoric ester groups is 1. The molecule has 62 heavy (non-hydrogen) atoms. The van der Waals surface area contributed by atoms with E-state index in [0.717, 1.165) is 51.4 Å². The summed E-state index contributed by atoms with van der Waals surface area (Å²) in [6.07, 6.45) is 56.7. The molecule has 3 N–H and O–H groups in total. The summed E-state index contributed by atoms with van der Waals surface area (Å²) in [6.45, 7) is 4.79. The molecular weight excluding hydrogens is 792 g/mol. The maximum absolute atomic E-state index is 12.9. The van der Waals surface area contributed by atoms with Crippen molar-refractivity contribution < 1.29 is 32.9 Å². The molecule has 0 aliphatic rings. The zero-order valence-electron chi connectivity index (χ0n) is 41.6. The second-order valence-electron chi connectivity index (χ2n) is 19.2. The van der Waals surface area contributed by atoms with Crippen LogP contribution < -0.4 is 5.32 Å². The number of carbonyl (C=O) groups is 1. The molecule has 0 heterocycles. The molecule has 0 aromatic carbocycles. The van der Waals surface area contributed by atoms with Crippen LogP contribution in [-0.4, -0.2) is 73.4 Å². The molecule has 0 radical (unpaired) electrons. The summed E-state index contributed by atoms with van der Waals surface area (Å²) in [7, 11) is 1.55. The van der Waals surface area contributed by atoms with Gasteiger partial charge in [-0.15, -0.1) is 0 Å². The first-order valence-electron chi connectivity index (χ1n) is 26.4. The maximum atomic E-state index is 12.9. The fraction of sp³-hybridized carbons (Fsp3) is 0.868. The molecule has 0 spiro atoms. The molecule has 8 nitrogen and oxygen atoms in total. The Balaban J connectivity index is 4.27. The van der Waals surface area contributed by atoms with E-state index in [1.165, 1.54) is 173 Å². The van der Waals surface area contributed by atoms with Crippen LogP contribution in [0.25, 0.3) is 0 Å². The molecule has 0 aliphatic heterocycles. The number of quaternary nitrogens is 1. The third kappa shape index (κ3) is 46.7. The number of aliphatic hydroxyl groups excluding tert-OH is 1. The molecule has 3 unspecified atom stereocenters. The number of likely N-dealkylation sites (N-methyl/N-ethyl adjacent to an activating group) is 1. The molecule has 0 aliphatic carbocycles. The van der Waals surface area contributed by atoms with Crippen molar-refractivity contribution in [1.82, 2.24) is 5.32 Å². The van der Waals surface area contributed by atoms with Gasteiger partial charge in [0.05, 0.1) is 39.9 Å². The fourth-order valence-electron chi connectivity index (χ4n) is 7.64. The number of aliphatic hydroxyl groups is 1. The van der Waals surface area contributed by atoms with Crippen molar-refractivity contribution in [3.05, 3.63) is 36.5 Å². The van der Waals surface area contributed by atoms with Crippen molar-refractivity contribution in [2.45, 2.75) is 257 Å². The van der Waals surface area contributed by atoms with E-state index in [1.807, 2.05) is 27.2 Å². The molecular formula is C53H104N2O6P+. The first-order valence-corrected chi connectivity index (χ1v) is 27.9. The number of amides is 1. The Labute approximate surface area is 385 Å². The molecule has 0 aromatic heterocycles. The number of unbranched alkanes of at least 4 members (excludes halogenated alkanes) is 31. The summed E-state index contributed by atoms with van der Waals surface area (Å²) in [5.41, 5.74) is 0. The standard InChI is InChI=1S/C53H103N2O6P/c1-6-8-10-12-14-16-18-20-22-23-24-25-26-27-28-29-30-31-32-33-34-36-38-40-42-44-46-52(56)51(50-61-62(58,59)60-49-48-55(3,4)5)54-53(57)47-45-43-41-39-37-35-21-19-17-15-13-11-9-7-2/h19,21,36,38,44,46,51-52,56H,6-18,20,22-35,37,39-43,45,47-50H2,1-5H3,(H-,54,57,58,59)/p+1/b21-19-,38-36+,46-44+. The molecule has 0 rings (SSSR count). The molecule has 0 saturated heterocycles. The van der Waals surface area contributed by atoms with Crippen LogP contribution in [0.4, 0.5) is 0 Å². The largest absolute Gasteiger partial charge is 0.472 e. The topological polar surface area (TPSA) is 105 Å². The highest BCUT2D eigenvalue weighted by Crippen LogP contribution is 2.43. The molecule has 0 aromatic rings. The third-order valence-corrected chi connectivity index (χ3v) is 12.8. The van der Waals surface area contributed by atoms with Crippen molar-refractivity contribution in [3.8, 4) is 0 Å². The quantitative estimate of drug-likeness (QED) is 0.0243. The summed E-state index contributed by atoms with van der Waals surface area (Å²) >= 11 is 0. The minimum absolute atomic E-state index is 0.0548. The van der Waals surface area contributed by atoms with Gasteiger partial charge in [-0.25, -0.2) is 4.57 Å². The Kier molecular flexibility index (Phi) is 44.0. The third-order valence-electron chi connectivity index (χ3n) is 11.8. The number of nitrogens with one attached hydrogen (secondary N) is 1. The predicted octanol–water partition coefficient (Wildman–Crippen LogP) is 15.4. The van der Waals surface area contributed by atoms with Gasteiger partial charge in [-0.05, 0) is 57.8 Å². The predicted molar refractivity (Wildman–Crippen MR) is 268 cm³/mol. The molecule has 0 fully saturated rings. The number of allylic oxidation sites excluding steroid dienone is 5.